The van der Waals surface area contributed by atoms with Gasteiger partial charge in [-0.05, 0) is 82.7 Å². The fraction of sp³-hybridized carbons (Fsp3) is 0.409. The molecule has 0 spiro atoms. The zero-order valence-corrected chi connectivity index (χ0v) is 15.7. The van der Waals surface area contributed by atoms with Crippen molar-refractivity contribution in [3.8, 4) is 16.9 Å². The molecule has 25 heavy (non-hydrogen) atoms. The van der Waals surface area contributed by atoms with Gasteiger partial charge in [-0.2, -0.15) is 0 Å². The van der Waals surface area contributed by atoms with Gasteiger partial charge in [-0.25, -0.2) is 0 Å². The summed E-state index contributed by atoms with van der Waals surface area (Å²) >= 11 is 0. The van der Waals surface area contributed by atoms with Crippen molar-refractivity contribution in [3.05, 3.63) is 52.6 Å². The molecule has 0 aromatic heterocycles. The van der Waals surface area contributed by atoms with Crippen molar-refractivity contribution < 1.29 is 10.3 Å². The van der Waals surface area contributed by atoms with Gasteiger partial charge in [0.15, 0.2) is 0 Å². The van der Waals surface area contributed by atoms with E-state index in [2.05, 4.69) is 51.9 Å². The topological polar surface area (TPSA) is 52.8 Å². The minimum absolute atomic E-state index is 0.118. The number of phenolic OH excluding ortho intramolecular Hbond substituents is 1. The lowest BCUT2D eigenvalue weighted by Gasteiger charge is -2.42. The Morgan fingerprint density at radius 1 is 0.920 bits per heavy atom. The molecule has 0 saturated carbocycles. The molecule has 2 aromatic carbocycles. The Morgan fingerprint density at radius 2 is 1.52 bits per heavy atom. The van der Waals surface area contributed by atoms with E-state index >= 15 is 0 Å². The molecule has 0 heterocycles. The first-order valence-electron chi connectivity index (χ1n) is 8.82. The number of nitrogens with zero attached hydrogens (tertiary/aromatic N) is 1. The van der Waals surface area contributed by atoms with Gasteiger partial charge in [0, 0.05) is 5.56 Å². The van der Waals surface area contributed by atoms with Gasteiger partial charge in [0.05, 0.1) is 6.21 Å². The van der Waals surface area contributed by atoms with Gasteiger partial charge in [0.1, 0.15) is 5.75 Å². The molecule has 0 amide bonds. The number of aryl methyl sites for hydroxylation is 1. The summed E-state index contributed by atoms with van der Waals surface area (Å²) in [6.45, 7) is 11.3. The third-order valence-corrected chi connectivity index (χ3v) is 5.72. The number of oxime groups is 1. The number of fused-ring (bicyclic) bond motifs is 1. The molecular weight excluding hydrogens is 310 g/mol. The predicted molar refractivity (Wildman–Crippen MR) is 103 cm³/mol. The van der Waals surface area contributed by atoms with E-state index in [1.807, 2.05) is 6.07 Å². The van der Waals surface area contributed by atoms with Crippen LogP contribution < -0.4 is 0 Å². The SMILES string of the molecule is Cc1cc2c(cc1-c1cc(C=NO)ccc1O)C(C)(C)CCC2(C)C. The van der Waals surface area contributed by atoms with Crippen molar-refractivity contribution in [2.45, 2.75) is 58.3 Å². The van der Waals surface area contributed by atoms with Gasteiger partial charge in [-0.15, -0.1) is 0 Å². The molecule has 0 bridgehead atoms. The zero-order valence-electron chi connectivity index (χ0n) is 15.7. The Balaban J connectivity index is 2.25. The minimum atomic E-state index is 0.118. The molecule has 132 valence electrons. The first-order chi connectivity index (χ1) is 11.7. The summed E-state index contributed by atoms with van der Waals surface area (Å²) < 4.78 is 0. The third-order valence-electron chi connectivity index (χ3n) is 5.72. The van der Waals surface area contributed by atoms with Crippen LogP contribution in [0.15, 0.2) is 35.5 Å². The summed E-state index contributed by atoms with van der Waals surface area (Å²) in [7, 11) is 0. The largest absolute Gasteiger partial charge is 0.507 e. The minimum Gasteiger partial charge on any atom is -0.507 e. The van der Waals surface area contributed by atoms with E-state index in [1.165, 1.54) is 23.8 Å². The van der Waals surface area contributed by atoms with Crippen molar-refractivity contribution in [1.82, 2.24) is 0 Å². The van der Waals surface area contributed by atoms with Crippen LogP contribution in [0.4, 0.5) is 0 Å². The summed E-state index contributed by atoms with van der Waals surface area (Å²) in [6, 6.07) is 9.79. The molecule has 1 aliphatic rings. The van der Waals surface area contributed by atoms with E-state index in [1.54, 1.807) is 12.1 Å². The van der Waals surface area contributed by atoms with E-state index in [-0.39, 0.29) is 16.6 Å². The molecule has 1 aliphatic carbocycles. The lowest BCUT2D eigenvalue weighted by Crippen LogP contribution is -2.34. The van der Waals surface area contributed by atoms with Crippen molar-refractivity contribution in [2.24, 2.45) is 5.16 Å². The monoisotopic (exact) mass is 337 g/mol. The van der Waals surface area contributed by atoms with Crippen LogP contribution in [0.3, 0.4) is 0 Å². The summed E-state index contributed by atoms with van der Waals surface area (Å²) in [5.74, 6) is 0.242. The Kier molecular flexibility index (Phi) is 4.14. The average molecular weight is 337 g/mol. The second kappa shape index (κ2) is 5.91. The van der Waals surface area contributed by atoms with E-state index < -0.39 is 0 Å². The lowest BCUT2D eigenvalue weighted by atomic mass is 9.62. The molecule has 0 unspecified atom stereocenters. The molecular formula is C22H27NO2. The van der Waals surface area contributed by atoms with Gasteiger partial charge in [-0.1, -0.05) is 38.9 Å². The summed E-state index contributed by atoms with van der Waals surface area (Å²) in [5, 5.41) is 22.3. The Bertz CT molecular complexity index is 847. The molecule has 0 atom stereocenters. The Labute approximate surface area is 150 Å². The van der Waals surface area contributed by atoms with E-state index in [9.17, 15) is 5.11 Å². The molecule has 0 saturated heterocycles. The van der Waals surface area contributed by atoms with E-state index in [4.69, 9.17) is 5.21 Å². The molecule has 3 nitrogen and oxygen atoms in total. The predicted octanol–water partition coefficient (Wildman–Crippen LogP) is 5.52. The van der Waals surface area contributed by atoms with Crippen molar-refractivity contribution in [2.75, 3.05) is 0 Å². The average Bonchev–Trinajstić information content (AvgIpc) is 2.54. The first-order valence-corrected chi connectivity index (χ1v) is 8.82. The van der Waals surface area contributed by atoms with Crippen molar-refractivity contribution in [1.29, 1.82) is 0 Å². The van der Waals surface area contributed by atoms with Crippen LogP contribution >= 0.6 is 0 Å². The number of aromatic hydroxyl groups is 1. The van der Waals surface area contributed by atoms with Gasteiger partial charge in [0.25, 0.3) is 0 Å². The highest BCUT2D eigenvalue weighted by atomic mass is 16.4. The van der Waals surface area contributed by atoms with Crippen molar-refractivity contribution in [3.63, 3.8) is 0 Å². The highest BCUT2D eigenvalue weighted by Crippen LogP contribution is 2.48. The number of hydrogen-bond acceptors (Lipinski definition) is 3. The van der Waals surface area contributed by atoms with Crippen LogP contribution in [-0.2, 0) is 10.8 Å². The second-order valence-electron chi connectivity index (χ2n) is 8.50. The fourth-order valence-electron chi connectivity index (χ4n) is 3.93. The van der Waals surface area contributed by atoms with Gasteiger partial charge < -0.3 is 10.3 Å². The molecule has 3 heteroatoms. The maximum Gasteiger partial charge on any atom is 0.123 e. The highest BCUT2D eigenvalue weighted by molar-refractivity contribution is 5.85. The highest BCUT2D eigenvalue weighted by Gasteiger charge is 2.37. The van der Waals surface area contributed by atoms with Gasteiger partial charge in [-0.3, -0.25) is 0 Å². The molecule has 0 fully saturated rings. The lowest BCUT2D eigenvalue weighted by molar-refractivity contribution is 0.322. The quantitative estimate of drug-likeness (QED) is 0.430. The number of phenols is 1. The van der Waals surface area contributed by atoms with Crippen molar-refractivity contribution >= 4 is 6.21 Å². The summed E-state index contributed by atoms with van der Waals surface area (Å²) in [6.07, 6.45) is 3.71. The third kappa shape index (κ3) is 3.04. The second-order valence-corrected chi connectivity index (χ2v) is 8.50. The van der Waals surface area contributed by atoms with E-state index in [0.29, 0.717) is 0 Å². The zero-order chi connectivity index (χ0) is 18.4. The molecule has 0 radical (unpaired) electrons. The van der Waals surface area contributed by atoms with Gasteiger partial charge in [0.2, 0.25) is 0 Å². The number of rotatable bonds is 2. The van der Waals surface area contributed by atoms with Crippen LogP contribution in [0, 0.1) is 6.92 Å². The molecule has 0 aliphatic heterocycles. The van der Waals surface area contributed by atoms with Crippen LogP contribution in [0.5, 0.6) is 5.75 Å². The number of hydrogen-bond donors (Lipinski definition) is 2. The Hall–Kier alpha value is -2.29. The standard InChI is InChI=1S/C22H27NO2/c1-14-10-18-19(22(4,5)9-8-21(18,2)3)12-16(14)17-11-15(13-23-25)6-7-20(17)24/h6-7,10-13,24-25H,8-9H2,1-5H3. The van der Waals surface area contributed by atoms with Crippen LogP contribution in [-0.4, -0.2) is 16.5 Å². The first kappa shape index (κ1) is 17.5. The fourth-order valence-corrected chi connectivity index (χ4v) is 3.93. The smallest absolute Gasteiger partial charge is 0.123 e. The van der Waals surface area contributed by atoms with Crippen LogP contribution in [0.25, 0.3) is 11.1 Å². The molecule has 3 rings (SSSR count). The summed E-state index contributed by atoms with van der Waals surface area (Å²) in [5.41, 5.74) is 6.79. The van der Waals surface area contributed by atoms with Crippen LogP contribution in [0.2, 0.25) is 0 Å². The normalized spacial score (nSPS) is 18.3. The maximum absolute atomic E-state index is 10.4. The van der Waals surface area contributed by atoms with Gasteiger partial charge >= 0.3 is 0 Å². The van der Waals surface area contributed by atoms with Crippen LogP contribution in [0.1, 0.15) is 62.8 Å². The molecule has 2 N–H and O–H groups in total. The molecule has 2 aromatic rings. The van der Waals surface area contributed by atoms with E-state index in [0.717, 1.165) is 28.7 Å². The maximum atomic E-state index is 10.4. The number of benzene rings is 2. The summed E-state index contributed by atoms with van der Waals surface area (Å²) in [4.78, 5) is 0. The Morgan fingerprint density at radius 3 is 2.12 bits per heavy atom.